The molecule has 1 unspecified atom stereocenters. The van der Waals surface area contributed by atoms with E-state index in [1.54, 1.807) is 12.1 Å². The number of halogens is 1. The normalized spacial score (nSPS) is 21.4. The third kappa shape index (κ3) is 4.27. The highest BCUT2D eigenvalue weighted by Crippen LogP contribution is 2.43. The first-order valence-corrected chi connectivity index (χ1v) is 13.3. The van der Waals surface area contributed by atoms with Crippen molar-refractivity contribution in [3.63, 3.8) is 0 Å². The minimum absolute atomic E-state index is 0.00383. The lowest BCUT2D eigenvalue weighted by Crippen LogP contribution is -2.39. The van der Waals surface area contributed by atoms with Crippen molar-refractivity contribution in [2.75, 3.05) is 0 Å². The quantitative estimate of drug-likeness (QED) is 0.323. The smallest absolute Gasteiger partial charge is 0.251 e. The molecule has 2 aromatic heterocycles. The van der Waals surface area contributed by atoms with E-state index in [1.807, 2.05) is 25.3 Å². The average molecular weight is 485 g/mol. The van der Waals surface area contributed by atoms with Gasteiger partial charge in [-0.1, -0.05) is 6.92 Å². The van der Waals surface area contributed by atoms with Gasteiger partial charge in [-0.2, -0.15) is 0 Å². The molecular weight excluding hydrogens is 451 g/mol. The summed E-state index contributed by atoms with van der Waals surface area (Å²) in [5.41, 5.74) is 5.72. The lowest BCUT2D eigenvalue weighted by Gasteiger charge is -2.32. The van der Waals surface area contributed by atoms with Gasteiger partial charge < -0.3 is 10.3 Å². The number of nitrogens with one attached hydrogen (secondary N) is 2. The first-order chi connectivity index (χ1) is 17.5. The van der Waals surface area contributed by atoms with E-state index in [2.05, 4.69) is 28.3 Å². The predicted octanol–water partition coefficient (Wildman–Crippen LogP) is 6.92. The van der Waals surface area contributed by atoms with Crippen molar-refractivity contribution >= 4 is 27.8 Å². The van der Waals surface area contributed by atoms with Crippen LogP contribution in [0.3, 0.4) is 0 Å². The van der Waals surface area contributed by atoms with E-state index < -0.39 is 0 Å². The highest BCUT2D eigenvalue weighted by atomic mass is 19.1. The van der Waals surface area contributed by atoms with Gasteiger partial charge >= 0.3 is 0 Å². The van der Waals surface area contributed by atoms with E-state index in [1.165, 1.54) is 18.1 Å². The summed E-state index contributed by atoms with van der Waals surface area (Å²) in [6, 6.07) is 11.2. The van der Waals surface area contributed by atoms with Gasteiger partial charge in [-0.25, -0.2) is 9.37 Å². The first kappa shape index (κ1) is 23.1. The molecule has 6 heteroatoms. The predicted molar refractivity (Wildman–Crippen MR) is 141 cm³/mol. The number of imidazole rings is 1. The molecule has 2 heterocycles. The summed E-state index contributed by atoms with van der Waals surface area (Å²) in [5, 5.41) is 4.08. The maximum Gasteiger partial charge on any atom is 0.251 e. The fraction of sp³-hybridized carbons (Fsp3) is 0.433. The topological polar surface area (TPSA) is 70.7 Å². The van der Waals surface area contributed by atoms with Crippen LogP contribution in [0.15, 0.2) is 42.6 Å². The van der Waals surface area contributed by atoms with E-state index in [4.69, 9.17) is 4.98 Å². The number of benzene rings is 2. The zero-order valence-electron chi connectivity index (χ0n) is 21.0. The largest absolute Gasteiger partial charge is 0.349 e. The van der Waals surface area contributed by atoms with Crippen LogP contribution >= 0.6 is 0 Å². The van der Waals surface area contributed by atoms with Crippen molar-refractivity contribution in [1.29, 1.82) is 0 Å². The molecule has 6 rings (SSSR count). The molecule has 0 saturated heterocycles. The van der Waals surface area contributed by atoms with E-state index in [-0.39, 0.29) is 11.7 Å². The Labute approximate surface area is 210 Å². The third-order valence-electron chi connectivity index (χ3n) is 8.60. The second-order valence-corrected chi connectivity index (χ2v) is 10.9. The minimum Gasteiger partial charge on any atom is -0.349 e. The number of aromatic amines is 1. The SMILES string of the molecule is Cc1cc(C(=O)NC2CCC2)cc2nc(C(C)[C@H]3CC[C@@H](c4ccnc5ccc(F)cc54)CC3)[nH]c12. The van der Waals surface area contributed by atoms with Crippen molar-refractivity contribution < 1.29 is 9.18 Å². The maximum absolute atomic E-state index is 13.9. The zero-order valence-corrected chi connectivity index (χ0v) is 21.0. The standard InChI is InChI=1S/C30H33FN4O/c1-17-14-21(30(36)33-23-4-3-5-23)15-27-28(17)35-29(34-27)18(2)19-6-8-20(9-7-19)24-12-13-32-26-11-10-22(31)16-25(24)26/h10-16,18-20,23H,3-9H2,1-2H3,(H,33,36)(H,34,35)/t18?,19-,20+. The van der Waals surface area contributed by atoms with Crippen LogP contribution in [0.4, 0.5) is 4.39 Å². The Hall–Kier alpha value is -3.28. The van der Waals surface area contributed by atoms with Crippen molar-refractivity contribution in [2.24, 2.45) is 5.92 Å². The van der Waals surface area contributed by atoms with Crippen LogP contribution in [0.5, 0.6) is 0 Å². The molecule has 0 spiro atoms. The first-order valence-electron chi connectivity index (χ1n) is 13.3. The lowest BCUT2D eigenvalue weighted by atomic mass is 9.73. The van der Waals surface area contributed by atoms with E-state index in [9.17, 15) is 9.18 Å². The number of aromatic nitrogens is 3. The number of pyridine rings is 1. The Balaban J connectivity index is 1.17. The summed E-state index contributed by atoms with van der Waals surface area (Å²) in [4.78, 5) is 25.6. The Bertz CT molecular complexity index is 1430. The molecule has 0 bridgehead atoms. The van der Waals surface area contributed by atoms with Gasteiger partial charge in [0.15, 0.2) is 0 Å². The molecule has 4 aromatic rings. The Morgan fingerprint density at radius 1 is 1.06 bits per heavy atom. The van der Waals surface area contributed by atoms with Gasteiger partial charge in [0, 0.05) is 29.1 Å². The fourth-order valence-electron chi connectivity index (χ4n) is 6.12. The van der Waals surface area contributed by atoms with Gasteiger partial charge in [-0.05, 0) is 111 Å². The molecule has 186 valence electrons. The van der Waals surface area contributed by atoms with Crippen LogP contribution in [0.2, 0.25) is 0 Å². The van der Waals surface area contributed by atoms with Gasteiger partial charge in [0.2, 0.25) is 0 Å². The van der Waals surface area contributed by atoms with Crippen LogP contribution < -0.4 is 5.32 Å². The van der Waals surface area contributed by atoms with Gasteiger partial charge in [0.25, 0.3) is 5.91 Å². The molecule has 0 aliphatic heterocycles. The second kappa shape index (κ2) is 9.30. The number of aryl methyl sites for hydroxylation is 1. The summed E-state index contributed by atoms with van der Waals surface area (Å²) in [6.07, 6.45) is 9.57. The molecule has 2 aliphatic rings. The number of H-pyrrole nitrogens is 1. The lowest BCUT2D eigenvalue weighted by molar-refractivity contribution is 0.0917. The molecule has 0 radical (unpaired) electrons. The molecule has 2 fully saturated rings. The molecule has 36 heavy (non-hydrogen) atoms. The maximum atomic E-state index is 13.9. The van der Waals surface area contributed by atoms with Crippen molar-refractivity contribution in [2.45, 2.75) is 76.7 Å². The number of carbonyl (C=O) groups is 1. The Morgan fingerprint density at radius 3 is 2.61 bits per heavy atom. The van der Waals surface area contributed by atoms with Crippen molar-refractivity contribution in [1.82, 2.24) is 20.3 Å². The molecule has 2 aliphatic carbocycles. The molecule has 2 saturated carbocycles. The number of rotatable bonds is 5. The van der Waals surface area contributed by atoms with E-state index in [0.717, 1.165) is 71.8 Å². The molecule has 1 atom stereocenters. The van der Waals surface area contributed by atoms with Crippen molar-refractivity contribution in [3.8, 4) is 0 Å². The highest BCUT2D eigenvalue weighted by molar-refractivity contribution is 5.98. The van der Waals surface area contributed by atoms with Gasteiger partial charge in [-0.15, -0.1) is 0 Å². The summed E-state index contributed by atoms with van der Waals surface area (Å²) >= 11 is 0. The van der Waals surface area contributed by atoms with E-state index >= 15 is 0 Å². The number of carbonyl (C=O) groups excluding carboxylic acids is 1. The van der Waals surface area contributed by atoms with Gasteiger partial charge in [-0.3, -0.25) is 9.78 Å². The zero-order chi connectivity index (χ0) is 24.8. The van der Waals surface area contributed by atoms with Crippen LogP contribution in [0, 0.1) is 18.7 Å². The number of fused-ring (bicyclic) bond motifs is 2. The summed E-state index contributed by atoms with van der Waals surface area (Å²) in [7, 11) is 0. The van der Waals surface area contributed by atoms with Crippen LogP contribution in [-0.2, 0) is 0 Å². The minimum atomic E-state index is -0.206. The van der Waals surface area contributed by atoms with Crippen LogP contribution in [0.25, 0.3) is 21.9 Å². The molecule has 2 N–H and O–H groups in total. The number of hydrogen-bond acceptors (Lipinski definition) is 3. The Kier molecular flexibility index (Phi) is 5.98. The summed E-state index contributed by atoms with van der Waals surface area (Å²) < 4.78 is 13.9. The van der Waals surface area contributed by atoms with E-state index in [0.29, 0.717) is 29.4 Å². The molecule has 5 nitrogen and oxygen atoms in total. The average Bonchev–Trinajstić information content (AvgIpc) is 3.30. The van der Waals surface area contributed by atoms with Crippen molar-refractivity contribution in [3.05, 3.63) is 70.9 Å². The Morgan fingerprint density at radius 2 is 1.86 bits per heavy atom. The number of amides is 1. The van der Waals surface area contributed by atoms with Gasteiger partial charge in [0.05, 0.1) is 16.6 Å². The summed E-state index contributed by atoms with van der Waals surface area (Å²) in [5.74, 6) is 2.07. The third-order valence-corrected chi connectivity index (χ3v) is 8.60. The monoisotopic (exact) mass is 484 g/mol. The van der Waals surface area contributed by atoms with Crippen LogP contribution in [-0.4, -0.2) is 26.9 Å². The highest BCUT2D eigenvalue weighted by Gasteiger charge is 2.29. The van der Waals surface area contributed by atoms with Crippen LogP contribution in [0.1, 0.15) is 91.0 Å². The molecule has 1 amide bonds. The van der Waals surface area contributed by atoms with Gasteiger partial charge in [0.1, 0.15) is 11.6 Å². The second-order valence-electron chi connectivity index (χ2n) is 10.9. The number of nitrogens with zero attached hydrogens (tertiary/aromatic N) is 2. The number of hydrogen-bond donors (Lipinski definition) is 2. The fourth-order valence-corrected chi connectivity index (χ4v) is 6.12. The molecular formula is C30H33FN4O. The molecule has 2 aromatic carbocycles. The summed E-state index contributed by atoms with van der Waals surface area (Å²) in [6.45, 7) is 4.31.